The van der Waals surface area contributed by atoms with Crippen molar-refractivity contribution in [1.82, 2.24) is 19.9 Å². The fourth-order valence-corrected chi connectivity index (χ4v) is 2.68. The average molecular weight is 266 g/mol. The third-order valence-corrected chi connectivity index (χ3v) is 3.54. The zero-order valence-corrected chi connectivity index (χ0v) is 11.2. The van der Waals surface area contributed by atoms with Crippen molar-refractivity contribution in [3.8, 4) is 0 Å². The molecule has 4 nitrogen and oxygen atoms in total. The van der Waals surface area contributed by atoms with Crippen LogP contribution in [0.2, 0.25) is 0 Å². The summed E-state index contributed by atoms with van der Waals surface area (Å²) in [7, 11) is 0. The summed E-state index contributed by atoms with van der Waals surface area (Å²) >= 11 is 1.32. The summed E-state index contributed by atoms with van der Waals surface area (Å²) in [6, 6.07) is 1.50. The Morgan fingerprint density at radius 2 is 2.28 bits per heavy atom. The van der Waals surface area contributed by atoms with Gasteiger partial charge in [0, 0.05) is 11.8 Å². The first-order chi connectivity index (χ1) is 8.77. The number of aryl methyl sites for hydroxylation is 1. The molecule has 18 heavy (non-hydrogen) atoms. The molecule has 0 saturated heterocycles. The molecule has 2 rings (SSSR count). The number of nitrogens with one attached hydrogen (secondary N) is 1. The van der Waals surface area contributed by atoms with Crippen molar-refractivity contribution < 1.29 is 4.39 Å². The second-order valence-corrected chi connectivity index (χ2v) is 4.61. The number of rotatable bonds is 5. The molecule has 96 valence electrons. The fourth-order valence-electron chi connectivity index (χ4n) is 1.85. The maximum atomic E-state index is 13.9. The van der Waals surface area contributed by atoms with Crippen LogP contribution < -0.4 is 5.32 Å². The van der Waals surface area contributed by atoms with E-state index in [9.17, 15) is 4.39 Å². The molecule has 0 saturated carbocycles. The standard InChI is InChI=1S/C12H15FN4S/c1-3-10-12(18-17-16-10)11(15-4-2)8-5-6-14-7-9(8)13/h5-7,11,15H,3-4H2,1-2H3. The van der Waals surface area contributed by atoms with E-state index in [0.29, 0.717) is 5.56 Å². The molecule has 0 amide bonds. The van der Waals surface area contributed by atoms with Gasteiger partial charge in [0.25, 0.3) is 0 Å². The van der Waals surface area contributed by atoms with E-state index in [-0.39, 0.29) is 11.9 Å². The van der Waals surface area contributed by atoms with Gasteiger partial charge in [-0.3, -0.25) is 4.98 Å². The zero-order chi connectivity index (χ0) is 13.0. The van der Waals surface area contributed by atoms with Crippen LogP contribution in [0, 0.1) is 5.82 Å². The van der Waals surface area contributed by atoms with Crippen molar-refractivity contribution >= 4 is 11.5 Å². The van der Waals surface area contributed by atoms with Gasteiger partial charge in [-0.2, -0.15) is 0 Å². The Bertz CT molecular complexity index is 514. The summed E-state index contributed by atoms with van der Waals surface area (Å²) in [6.07, 6.45) is 3.63. The summed E-state index contributed by atoms with van der Waals surface area (Å²) in [5.41, 5.74) is 1.51. The average Bonchev–Trinajstić information content (AvgIpc) is 2.85. The minimum absolute atomic E-state index is 0.201. The molecule has 1 atom stereocenters. The van der Waals surface area contributed by atoms with Crippen molar-refractivity contribution in [3.63, 3.8) is 0 Å². The van der Waals surface area contributed by atoms with E-state index in [2.05, 4.69) is 19.9 Å². The van der Waals surface area contributed by atoms with Crippen molar-refractivity contribution in [1.29, 1.82) is 0 Å². The highest BCUT2D eigenvalue weighted by molar-refractivity contribution is 7.05. The Morgan fingerprint density at radius 1 is 1.44 bits per heavy atom. The van der Waals surface area contributed by atoms with Crippen molar-refractivity contribution in [3.05, 3.63) is 40.4 Å². The van der Waals surface area contributed by atoms with E-state index < -0.39 is 0 Å². The first kappa shape index (κ1) is 13.0. The van der Waals surface area contributed by atoms with Crippen molar-refractivity contribution in [2.45, 2.75) is 26.3 Å². The van der Waals surface area contributed by atoms with Crippen LogP contribution in [0.25, 0.3) is 0 Å². The van der Waals surface area contributed by atoms with Crippen LogP contribution in [-0.2, 0) is 6.42 Å². The van der Waals surface area contributed by atoms with Gasteiger partial charge in [0.15, 0.2) is 0 Å². The highest BCUT2D eigenvalue weighted by Gasteiger charge is 2.22. The molecule has 0 aliphatic heterocycles. The van der Waals surface area contributed by atoms with Crippen LogP contribution in [0.3, 0.4) is 0 Å². The molecule has 2 aromatic heterocycles. The van der Waals surface area contributed by atoms with Crippen LogP contribution in [0.5, 0.6) is 0 Å². The molecular weight excluding hydrogens is 251 g/mol. The maximum absolute atomic E-state index is 13.9. The van der Waals surface area contributed by atoms with E-state index in [1.807, 2.05) is 13.8 Å². The predicted octanol–water partition coefficient (Wildman–Crippen LogP) is 2.33. The van der Waals surface area contributed by atoms with Crippen LogP contribution in [-0.4, -0.2) is 21.1 Å². The molecule has 0 spiro atoms. The van der Waals surface area contributed by atoms with Crippen molar-refractivity contribution in [2.24, 2.45) is 0 Å². The number of hydrogen-bond donors (Lipinski definition) is 1. The SMILES string of the molecule is CCNC(c1ccncc1F)c1snnc1CC. The summed E-state index contributed by atoms with van der Waals surface area (Å²) < 4.78 is 17.8. The Morgan fingerprint density at radius 3 is 2.94 bits per heavy atom. The van der Waals surface area contributed by atoms with Crippen LogP contribution in [0.4, 0.5) is 4.39 Å². The summed E-state index contributed by atoms with van der Waals surface area (Å²) in [6.45, 7) is 4.76. The lowest BCUT2D eigenvalue weighted by atomic mass is 10.0. The fraction of sp³-hybridized carbons (Fsp3) is 0.417. The lowest BCUT2D eigenvalue weighted by Crippen LogP contribution is -2.23. The van der Waals surface area contributed by atoms with Gasteiger partial charge in [0.1, 0.15) is 5.82 Å². The smallest absolute Gasteiger partial charge is 0.146 e. The molecular formula is C12H15FN4S. The van der Waals surface area contributed by atoms with Gasteiger partial charge in [-0.1, -0.05) is 18.3 Å². The van der Waals surface area contributed by atoms with Gasteiger partial charge in [-0.25, -0.2) is 4.39 Å². The molecule has 0 radical (unpaired) electrons. The van der Waals surface area contributed by atoms with Crippen molar-refractivity contribution in [2.75, 3.05) is 6.54 Å². The molecule has 2 aromatic rings. The summed E-state index contributed by atoms with van der Waals surface area (Å²) in [5.74, 6) is -0.307. The molecule has 6 heteroatoms. The second-order valence-electron chi connectivity index (χ2n) is 3.83. The molecule has 2 heterocycles. The van der Waals surface area contributed by atoms with Gasteiger partial charge in [-0.05, 0) is 30.6 Å². The van der Waals surface area contributed by atoms with E-state index in [1.54, 1.807) is 12.3 Å². The van der Waals surface area contributed by atoms with Gasteiger partial charge < -0.3 is 5.32 Å². The topological polar surface area (TPSA) is 50.7 Å². The number of aromatic nitrogens is 3. The number of halogens is 1. The maximum Gasteiger partial charge on any atom is 0.146 e. The van der Waals surface area contributed by atoms with Gasteiger partial charge in [0.05, 0.1) is 22.8 Å². The molecule has 0 bridgehead atoms. The van der Waals surface area contributed by atoms with E-state index in [4.69, 9.17) is 0 Å². The number of nitrogens with zero attached hydrogens (tertiary/aromatic N) is 3. The Kier molecular flexibility index (Phi) is 4.33. The molecule has 1 N–H and O–H groups in total. The normalized spacial score (nSPS) is 12.6. The van der Waals surface area contributed by atoms with Gasteiger partial charge >= 0.3 is 0 Å². The monoisotopic (exact) mass is 266 g/mol. The van der Waals surface area contributed by atoms with Crippen LogP contribution >= 0.6 is 11.5 Å². The largest absolute Gasteiger partial charge is 0.306 e. The number of hydrogen-bond acceptors (Lipinski definition) is 5. The molecule has 0 aliphatic rings. The lowest BCUT2D eigenvalue weighted by Gasteiger charge is -2.17. The minimum atomic E-state index is -0.307. The number of pyridine rings is 1. The molecule has 1 unspecified atom stereocenters. The van der Waals surface area contributed by atoms with E-state index in [1.165, 1.54) is 17.7 Å². The Labute approximate surface area is 109 Å². The molecule has 0 fully saturated rings. The quantitative estimate of drug-likeness (QED) is 0.902. The zero-order valence-electron chi connectivity index (χ0n) is 10.4. The first-order valence-electron chi connectivity index (χ1n) is 5.91. The molecule has 0 aromatic carbocycles. The van der Waals surface area contributed by atoms with E-state index in [0.717, 1.165) is 23.5 Å². The van der Waals surface area contributed by atoms with Gasteiger partial charge in [-0.15, -0.1) is 5.10 Å². The second kappa shape index (κ2) is 5.97. The van der Waals surface area contributed by atoms with E-state index >= 15 is 0 Å². The highest BCUT2D eigenvalue weighted by atomic mass is 32.1. The lowest BCUT2D eigenvalue weighted by molar-refractivity contribution is 0.556. The Hall–Kier alpha value is -1.40. The van der Waals surface area contributed by atoms with Gasteiger partial charge in [0.2, 0.25) is 0 Å². The summed E-state index contributed by atoms with van der Waals surface area (Å²) in [4.78, 5) is 4.76. The first-order valence-corrected chi connectivity index (χ1v) is 6.69. The third-order valence-electron chi connectivity index (χ3n) is 2.71. The van der Waals surface area contributed by atoms with Crippen LogP contribution in [0.15, 0.2) is 18.5 Å². The minimum Gasteiger partial charge on any atom is -0.306 e. The van der Waals surface area contributed by atoms with Crippen LogP contribution in [0.1, 0.15) is 36.0 Å². The summed E-state index contributed by atoms with van der Waals surface area (Å²) in [5, 5.41) is 7.36. The Balaban J connectivity index is 2.43. The third kappa shape index (κ3) is 2.54. The predicted molar refractivity (Wildman–Crippen MR) is 69.0 cm³/mol. The highest BCUT2D eigenvalue weighted by Crippen LogP contribution is 2.28. The molecule has 0 aliphatic carbocycles.